The first-order valence-electron chi connectivity index (χ1n) is 5.48. The van der Waals surface area contributed by atoms with Crippen LogP contribution in [0.3, 0.4) is 0 Å². The molecule has 0 bridgehead atoms. The average molecular weight is 205 g/mol. The van der Waals surface area contributed by atoms with Crippen molar-refractivity contribution in [1.29, 1.82) is 0 Å². The molecule has 82 valence electrons. The van der Waals surface area contributed by atoms with E-state index in [1.165, 1.54) is 5.56 Å². The van der Waals surface area contributed by atoms with Gasteiger partial charge < -0.3 is 10.5 Å². The van der Waals surface area contributed by atoms with Gasteiger partial charge in [-0.1, -0.05) is 39.0 Å². The molecule has 2 atom stereocenters. The molecule has 0 saturated heterocycles. The smallest absolute Gasteiger partial charge is 0.123 e. The van der Waals surface area contributed by atoms with Crippen LogP contribution < -0.4 is 10.5 Å². The van der Waals surface area contributed by atoms with Crippen molar-refractivity contribution >= 4 is 0 Å². The molecule has 1 heterocycles. The highest BCUT2D eigenvalue weighted by Crippen LogP contribution is 2.33. The Kier molecular flexibility index (Phi) is 2.47. The van der Waals surface area contributed by atoms with E-state index >= 15 is 0 Å². The minimum atomic E-state index is 0.0740. The Hall–Kier alpha value is -1.02. The van der Waals surface area contributed by atoms with Crippen LogP contribution in [0, 0.1) is 5.41 Å². The fraction of sp³-hybridized carbons (Fsp3) is 0.538. The third kappa shape index (κ3) is 2.00. The quantitative estimate of drug-likeness (QED) is 0.764. The summed E-state index contributed by atoms with van der Waals surface area (Å²) >= 11 is 0. The van der Waals surface area contributed by atoms with Crippen LogP contribution in [-0.2, 0) is 6.42 Å². The second-order valence-corrected chi connectivity index (χ2v) is 5.36. The van der Waals surface area contributed by atoms with Gasteiger partial charge in [0.1, 0.15) is 11.9 Å². The van der Waals surface area contributed by atoms with Crippen LogP contribution in [0.5, 0.6) is 5.75 Å². The van der Waals surface area contributed by atoms with E-state index in [4.69, 9.17) is 10.5 Å². The monoisotopic (exact) mass is 205 g/mol. The van der Waals surface area contributed by atoms with Crippen LogP contribution in [-0.4, -0.2) is 12.1 Å². The number of hydrogen-bond donors (Lipinski definition) is 1. The molecule has 15 heavy (non-hydrogen) atoms. The van der Waals surface area contributed by atoms with E-state index in [1.807, 2.05) is 18.2 Å². The molecule has 2 N–H and O–H groups in total. The summed E-state index contributed by atoms with van der Waals surface area (Å²) in [5.74, 6) is 1.00. The van der Waals surface area contributed by atoms with Gasteiger partial charge in [-0.15, -0.1) is 0 Å². The molecular formula is C13H19NO. The van der Waals surface area contributed by atoms with E-state index in [-0.39, 0.29) is 17.6 Å². The Labute approximate surface area is 91.4 Å². The maximum absolute atomic E-state index is 6.21. The standard InChI is InChI=1S/C13H19NO/c1-13(2,3)12(14)11-8-9-6-4-5-7-10(9)15-11/h4-7,11-12H,8,14H2,1-3H3. The van der Waals surface area contributed by atoms with Gasteiger partial charge in [0.05, 0.1) is 0 Å². The lowest BCUT2D eigenvalue weighted by molar-refractivity contribution is 0.134. The first kappa shape index (κ1) is 10.5. The zero-order valence-corrected chi connectivity index (χ0v) is 9.66. The van der Waals surface area contributed by atoms with E-state index in [0.717, 1.165) is 12.2 Å². The molecule has 1 aromatic rings. The molecule has 0 fully saturated rings. The molecule has 1 aliphatic heterocycles. The van der Waals surface area contributed by atoms with Gasteiger partial charge in [0.25, 0.3) is 0 Å². The minimum Gasteiger partial charge on any atom is -0.488 e. The second kappa shape index (κ2) is 3.53. The molecule has 2 nitrogen and oxygen atoms in total. The number of hydrogen-bond acceptors (Lipinski definition) is 2. The molecule has 2 unspecified atom stereocenters. The number of nitrogens with two attached hydrogens (primary N) is 1. The summed E-state index contributed by atoms with van der Waals surface area (Å²) in [6.45, 7) is 6.47. The summed E-state index contributed by atoms with van der Waals surface area (Å²) in [7, 11) is 0. The van der Waals surface area contributed by atoms with Crippen molar-refractivity contribution in [2.45, 2.75) is 39.3 Å². The first-order chi connectivity index (χ1) is 6.98. The van der Waals surface area contributed by atoms with E-state index in [9.17, 15) is 0 Å². The minimum absolute atomic E-state index is 0.0740. The van der Waals surface area contributed by atoms with Crippen LogP contribution in [0.2, 0.25) is 0 Å². The molecule has 0 saturated carbocycles. The fourth-order valence-electron chi connectivity index (χ4n) is 1.97. The van der Waals surface area contributed by atoms with Crippen molar-refractivity contribution in [2.24, 2.45) is 11.1 Å². The van der Waals surface area contributed by atoms with Gasteiger partial charge in [-0.25, -0.2) is 0 Å². The summed E-state index contributed by atoms with van der Waals surface area (Å²) in [6.07, 6.45) is 1.07. The number of fused-ring (bicyclic) bond motifs is 1. The van der Waals surface area contributed by atoms with Gasteiger partial charge in [0.15, 0.2) is 0 Å². The van der Waals surface area contributed by atoms with E-state index in [0.29, 0.717) is 0 Å². The largest absolute Gasteiger partial charge is 0.488 e. The van der Waals surface area contributed by atoms with E-state index in [1.54, 1.807) is 0 Å². The molecule has 2 rings (SSSR count). The van der Waals surface area contributed by atoms with Gasteiger partial charge in [-0.05, 0) is 17.0 Å². The highest BCUT2D eigenvalue weighted by molar-refractivity contribution is 5.37. The Morgan fingerprint density at radius 2 is 2.00 bits per heavy atom. The zero-order valence-electron chi connectivity index (χ0n) is 9.66. The van der Waals surface area contributed by atoms with Crippen molar-refractivity contribution in [1.82, 2.24) is 0 Å². The molecule has 0 spiro atoms. The third-order valence-corrected chi connectivity index (χ3v) is 3.07. The van der Waals surface area contributed by atoms with Crippen molar-refractivity contribution in [3.63, 3.8) is 0 Å². The summed E-state index contributed by atoms with van der Waals surface area (Å²) in [5.41, 5.74) is 7.58. The van der Waals surface area contributed by atoms with Crippen LogP contribution in [0.4, 0.5) is 0 Å². The van der Waals surface area contributed by atoms with Crippen molar-refractivity contribution in [3.8, 4) is 5.75 Å². The highest BCUT2D eigenvalue weighted by atomic mass is 16.5. The van der Waals surface area contributed by atoms with Crippen molar-refractivity contribution in [3.05, 3.63) is 29.8 Å². The second-order valence-electron chi connectivity index (χ2n) is 5.36. The Morgan fingerprint density at radius 3 is 2.60 bits per heavy atom. The molecule has 1 aromatic carbocycles. The lowest BCUT2D eigenvalue weighted by atomic mass is 9.83. The zero-order chi connectivity index (χ0) is 11.1. The predicted molar refractivity (Wildman–Crippen MR) is 62.0 cm³/mol. The van der Waals surface area contributed by atoms with Gasteiger partial charge in [0.2, 0.25) is 0 Å². The maximum Gasteiger partial charge on any atom is 0.123 e. The normalized spacial score (nSPS) is 22.0. The van der Waals surface area contributed by atoms with Crippen LogP contribution in [0.25, 0.3) is 0 Å². The number of benzene rings is 1. The topological polar surface area (TPSA) is 35.2 Å². The van der Waals surface area contributed by atoms with Crippen molar-refractivity contribution < 1.29 is 4.74 Å². The summed E-state index contributed by atoms with van der Waals surface area (Å²) in [5, 5.41) is 0. The van der Waals surface area contributed by atoms with Gasteiger partial charge in [0, 0.05) is 12.5 Å². The highest BCUT2D eigenvalue weighted by Gasteiger charge is 2.34. The molecular weight excluding hydrogens is 186 g/mol. The number of ether oxygens (including phenoxy) is 1. The average Bonchev–Trinajstić information content (AvgIpc) is 2.58. The van der Waals surface area contributed by atoms with Gasteiger partial charge in [-0.3, -0.25) is 0 Å². The number of rotatable bonds is 1. The molecule has 0 radical (unpaired) electrons. The van der Waals surface area contributed by atoms with Gasteiger partial charge >= 0.3 is 0 Å². The third-order valence-electron chi connectivity index (χ3n) is 3.07. The van der Waals surface area contributed by atoms with Gasteiger partial charge in [-0.2, -0.15) is 0 Å². The first-order valence-corrected chi connectivity index (χ1v) is 5.48. The molecule has 1 aliphatic rings. The fourth-order valence-corrected chi connectivity index (χ4v) is 1.97. The molecule has 0 aliphatic carbocycles. The van der Waals surface area contributed by atoms with Crippen LogP contribution in [0.15, 0.2) is 24.3 Å². The Balaban J connectivity index is 2.14. The Bertz CT molecular complexity index is 329. The molecule has 2 heteroatoms. The summed E-state index contributed by atoms with van der Waals surface area (Å²) in [4.78, 5) is 0. The summed E-state index contributed by atoms with van der Waals surface area (Å²) < 4.78 is 5.87. The summed E-state index contributed by atoms with van der Waals surface area (Å²) in [6, 6.07) is 8.26. The Morgan fingerprint density at radius 1 is 1.33 bits per heavy atom. The van der Waals surface area contributed by atoms with Crippen LogP contribution >= 0.6 is 0 Å². The van der Waals surface area contributed by atoms with Crippen molar-refractivity contribution in [2.75, 3.05) is 0 Å². The molecule has 0 aromatic heterocycles. The number of para-hydroxylation sites is 1. The van der Waals surface area contributed by atoms with Crippen LogP contribution in [0.1, 0.15) is 26.3 Å². The predicted octanol–water partition coefficient (Wildman–Crippen LogP) is 2.36. The SMILES string of the molecule is CC(C)(C)C(N)C1Cc2ccccc2O1. The maximum atomic E-state index is 6.21. The lowest BCUT2D eigenvalue weighted by Gasteiger charge is -2.31. The van der Waals surface area contributed by atoms with E-state index in [2.05, 4.69) is 26.8 Å². The van der Waals surface area contributed by atoms with E-state index < -0.39 is 0 Å². The molecule has 0 amide bonds. The lowest BCUT2D eigenvalue weighted by Crippen LogP contribution is -2.47.